The van der Waals surface area contributed by atoms with Gasteiger partial charge in [-0.3, -0.25) is 0 Å². The van der Waals surface area contributed by atoms with Crippen molar-refractivity contribution in [2.75, 3.05) is 6.54 Å². The number of aromatic nitrogens is 1. The highest BCUT2D eigenvalue weighted by Gasteiger charge is 2.11. The predicted molar refractivity (Wildman–Crippen MR) is 85.1 cm³/mol. The number of hydrogen-bond donors (Lipinski definition) is 1. The molecule has 0 bridgehead atoms. The molecule has 1 heterocycles. The van der Waals surface area contributed by atoms with Crippen LogP contribution in [0, 0.1) is 11.8 Å². The summed E-state index contributed by atoms with van der Waals surface area (Å²) in [6.07, 6.45) is 1.12. The molecule has 3 heteroatoms. The van der Waals surface area contributed by atoms with Crippen LogP contribution < -0.4 is 10.1 Å². The van der Waals surface area contributed by atoms with Gasteiger partial charge in [-0.1, -0.05) is 34.6 Å². The molecule has 1 aromatic rings. The van der Waals surface area contributed by atoms with Crippen LogP contribution in [0.15, 0.2) is 12.1 Å². The fourth-order valence-electron chi connectivity index (χ4n) is 1.80. The third kappa shape index (κ3) is 5.91. The number of pyridine rings is 1. The largest absolute Gasteiger partial charge is 0.474 e. The van der Waals surface area contributed by atoms with Gasteiger partial charge in [0.05, 0.1) is 6.10 Å². The van der Waals surface area contributed by atoms with Gasteiger partial charge in [0.2, 0.25) is 5.88 Å². The second-order valence-electron chi connectivity index (χ2n) is 6.25. The summed E-state index contributed by atoms with van der Waals surface area (Å²) in [6, 6.07) is 4.23. The van der Waals surface area contributed by atoms with E-state index >= 15 is 0 Å². The first-order chi connectivity index (χ1) is 9.42. The van der Waals surface area contributed by atoms with Crippen molar-refractivity contribution in [3.05, 3.63) is 23.4 Å². The summed E-state index contributed by atoms with van der Waals surface area (Å²) in [6.45, 7) is 14.9. The quantitative estimate of drug-likeness (QED) is 0.785. The maximum absolute atomic E-state index is 5.95. The minimum absolute atomic E-state index is 0.186. The predicted octanol–water partition coefficient (Wildman–Crippen LogP) is 3.81. The Bertz CT molecular complexity index is 402. The highest BCUT2D eigenvalue weighted by Crippen LogP contribution is 2.17. The van der Waals surface area contributed by atoms with E-state index < -0.39 is 0 Å². The molecule has 114 valence electrons. The molecule has 1 rings (SSSR count). The Morgan fingerprint density at radius 2 is 1.85 bits per heavy atom. The minimum Gasteiger partial charge on any atom is -0.474 e. The molecule has 1 aromatic heterocycles. The van der Waals surface area contributed by atoms with Crippen molar-refractivity contribution < 1.29 is 4.74 Å². The Labute approximate surface area is 124 Å². The van der Waals surface area contributed by atoms with Crippen molar-refractivity contribution in [3.8, 4) is 5.88 Å². The van der Waals surface area contributed by atoms with Crippen molar-refractivity contribution in [3.63, 3.8) is 0 Å². The van der Waals surface area contributed by atoms with Gasteiger partial charge in [0, 0.05) is 18.3 Å². The lowest BCUT2D eigenvalue weighted by molar-refractivity contribution is 0.163. The Morgan fingerprint density at radius 1 is 1.15 bits per heavy atom. The number of nitrogens with zero attached hydrogens (tertiary/aromatic N) is 1. The van der Waals surface area contributed by atoms with Gasteiger partial charge in [0.15, 0.2) is 0 Å². The van der Waals surface area contributed by atoms with Gasteiger partial charge in [0.1, 0.15) is 0 Å². The highest BCUT2D eigenvalue weighted by atomic mass is 16.5. The Kier molecular flexibility index (Phi) is 7.00. The molecule has 1 atom stereocenters. The molecule has 0 saturated carbocycles. The van der Waals surface area contributed by atoms with Crippen LogP contribution in [0.3, 0.4) is 0 Å². The van der Waals surface area contributed by atoms with E-state index in [1.54, 1.807) is 0 Å². The van der Waals surface area contributed by atoms with E-state index in [0.29, 0.717) is 11.8 Å². The van der Waals surface area contributed by atoms with Gasteiger partial charge < -0.3 is 10.1 Å². The summed E-state index contributed by atoms with van der Waals surface area (Å²) in [5, 5.41) is 3.47. The Balaban J connectivity index is 2.74. The molecule has 0 radical (unpaired) electrons. The Morgan fingerprint density at radius 3 is 2.40 bits per heavy atom. The van der Waals surface area contributed by atoms with Crippen LogP contribution in [0.5, 0.6) is 5.88 Å². The number of hydrogen-bond acceptors (Lipinski definition) is 3. The van der Waals surface area contributed by atoms with E-state index in [4.69, 9.17) is 4.74 Å². The molecule has 0 saturated heterocycles. The van der Waals surface area contributed by atoms with Crippen molar-refractivity contribution in [1.29, 1.82) is 0 Å². The molecule has 3 nitrogen and oxygen atoms in total. The van der Waals surface area contributed by atoms with Gasteiger partial charge >= 0.3 is 0 Å². The van der Waals surface area contributed by atoms with Crippen LogP contribution in [-0.2, 0) is 13.0 Å². The van der Waals surface area contributed by atoms with Crippen molar-refractivity contribution in [1.82, 2.24) is 10.3 Å². The zero-order valence-corrected chi connectivity index (χ0v) is 13.9. The van der Waals surface area contributed by atoms with E-state index in [2.05, 4.69) is 64.0 Å². The number of aryl methyl sites for hydroxylation is 1. The second-order valence-corrected chi connectivity index (χ2v) is 6.25. The molecule has 1 N–H and O–H groups in total. The minimum atomic E-state index is 0.186. The molecule has 0 fully saturated rings. The van der Waals surface area contributed by atoms with Gasteiger partial charge in [0.25, 0.3) is 0 Å². The molecular weight excluding hydrogens is 248 g/mol. The van der Waals surface area contributed by atoms with Crippen molar-refractivity contribution >= 4 is 0 Å². The van der Waals surface area contributed by atoms with Crippen LogP contribution in [0.2, 0.25) is 0 Å². The molecule has 1 unspecified atom stereocenters. The smallest absolute Gasteiger partial charge is 0.214 e. The van der Waals surface area contributed by atoms with Gasteiger partial charge in [-0.15, -0.1) is 0 Å². The van der Waals surface area contributed by atoms with Gasteiger partial charge in [-0.2, -0.15) is 0 Å². The first-order valence-electron chi connectivity index (χ1n) is 7.79. The highest BCUT2D eigenvalue weighted by molar-refractivity contribution is 5.25. The van der Waals surface area contributed by atoms with Crippen LogP contribution in [0.1, 0.15) is 52.8 Å². The SMILES string of the molecule is CCc1cc(CNCC(C)C)cc(OC(C)C(C)C)n1. The van der Waals surface area contributed by atoms with E-state index in [1.165, 1.54) is 5.56 Å². The lowest BCUT2D eigenvalue weighted by atomic mass is 10.1. The lowest BCUT2D eigenvalue weighted by Gasteiger charge is -2.18. The number of ether oxygens (including phenoxy) is 1. The first kappa shape index (κ1) is 17.0. The monoisotopic (exact) mass is 278 g/mol. The van der Waals surface area contributed by atoms with Crippen molar-refractivity contribution in [2.45, 2.75) is 60.6 Å². The van der Waals surface area contributed by atoms with Crippen LogP contribution in [-0.4, -0.2) is 17.6 Å². The number of nitrogens with one attached hydrogen (secondary N) is 1. The average Bonchev–Trinajstić information content (AvgIpc) is 2.37. The zero-order valence-electron chi connectivity index (χ0n) is 13.9. The fraction of sp³-hybridized carbons (Fsp3) is 0.706. The van der Waals surface area contributed by atoms with Crippen LogP contribution in [0.25, 0.3) is 0 Å². The summed E-state index contributed by atoms with van der Waals surface area (Å²) in [5.74, 6) is 1.91. The third-order valence-corrected chi connectivity index (χ3v) is 3.40. The molecule has 0 aliphatic carbocycles. The average molecular weight is 278 g/mol. The second kappa shape index (κ2) is 8.25. The molecule has 20 heavy (non-hydrogen) atoms. The summed E-state index contributed by atoms with van der Waals surface area (Å²) in [5.41, 5.74) is 2.35. The number of rotatable bonds is 8. The van der Waals surface area contributed by atoms with E-state index in [9.17, 15) is 0 Å². The molecule has 0 amide bonds. The molecule has 0 spiro atoms. The Hall–Kier alpha value is -1.09. The van der Waals surface area contributed by atoms with Crippen LogP contribution >= 0.6 is 0 Å². The van der Waals surface area contributed by atoms with E-state index in [0.717, 1.165) is 31.1 Å². The molecular formula is C17H30N2O. The fourth-order valence-corrected chi connectivity index (χ4v) is 1.80. The summed E-state index contributed by atoms with van der Waals surface area (Å²) >= 11 is 0. The van der Waals surface area contributed by atoms with E-state index in [1.807, 2.05) is 0 Å². The topological polar surface area (TPSA) is 34.1 Å². The summed E-state index contributed by atoms with van der Waals surface area (Å²) in [7, 11) is 0. The van der Waals surface area contributed by atoms with Gasteiger partial charge in [-0.25, -0.2) is 4.98 Å². The lowest BCUT2D eigenvalue weighted by Crippen LogP contribution is -2.21. The zero-order chi connectivity index (χ0) is 15.1. The van der Waals surface area contributed by atoms with Gasteiger partial charge in [-0.05, 0) is 43.4 Å². The normalized spacial score (nSPS) is 13.0. The maximum Gasteiger partial charge on any atom is 0.214 e. The van der Waals surface area contributed by atoms with Crippen molar-refractivity contribution in [2.24, 2.45) is 11.8 Å². The maximum atomic E-state index is 5.95. The van der Waals surface area contributed by atoms with Crippen LogP contribution in [0.4, 0.5) is 0 Å². The van der Waals surface area contributed by atoms with E-state index in [-0.39, 0.29) is 6.10 Å². The molecule has 0 aromatic carbocycles. The molecule has 0 aliphatic heterocycles. The first-order valence-corrected chi connectivity index (χ1v) is 7.79. The third-order valence-electron chi connectivity index (χ3n) is 3.40. The standard InChI is InChI=1S/C17H30N2O/c1-7-16-8-15(11-18-10-12(2)3)9-17(19-16)20-14(6)13(4)5/h8-9,12-14,18H,7,10-11H2,1-6H3. The summed E-state index contributed by atoms with van der Waals surface area (Å²) < 4.78 is 5.95. The summed E-state index contributed by atoms with van der Waals surface area (Å²) in [4.78, 5) is 4.57. The molecule has 0 aliphatic rings.